The minimum Gasteiger partial charge on any atom is -0.289 e. The normalized spacial score (nSPS) is 11.1. The molecular formula is C16H9Cl2N5O. The lowest BCUT2D eigenvalue weighted by Gasteiger charge is -2.01. The number of H-pyrrole nitrogens is 1. The molecule has 6 nitrogen and oxygen atoms in total. The van der Waals surface area contributed by atoms with Gasteiger partial charge in [0, 0.05) is 35.1 Å². The van der Waals surface area contributed by atoms with E-state index in [1.54, 1.807) is 42.9 Å². The first-order valence-corrected chi connectivity index (χ1v) is 7.72. The van der Waals surface area contributed by atoms with Gasteiger partial charge in [0.15, 0.2) is 5.65 Å². The molecule has 0 spiro atoms. The average molecular weight is 358 g/mol. The van der Waals surface area contributed by atoms with Crippen molar-refractivity contribution in [3.05, 3.63) is 69.3 Å². The predicted molar refractivity (Wildman–Crippen MR) is 92.3 cm³/mol. The standard InChI is InChI=1S/C16H9Cl2N5O/c17-9-1-2-10(11(18)5-9)12-6-15-21-13(7-16(24)23(15)22-12)14-8-19-3-4-20-14/h1-8,22H. The van der Waals surface area contributed by atoms with Gasteiger partial charge >= 0.3 is 0 Å². The summed E-state index contributed by atoms with van der Waals surface area (Å²) < 4.78 is 1.35. The molecule has 24 heavy (non-hydrogen) atoms. The lowest BCUT2D eigenvalue weighted by Crippen LogP contribution is -2.14. The third kappa shape index (κ3) is 2.55. The zero-order valence-electron chi connectivity index (χ0n) is 12.1. The number of halogens is 2. The van der Waals surface area contributed by atoms with Crippen molar-refractivity contribution in [1.29, 1.82) is 0 Å². The fourth-order valence-electron chi connectivity index (χ4n) is 2.40. The zero-order valence-corrected chi connectivity index (χ0v) is 13.6. The van der Waals surface area contributed by atoms with Crippen LogP contribution in [0.1, 0.15) is 0 Å². The molecule has 1 N–H and O–H groups in total. The highest BCUT2D eigenvalue weighted by atomic mass is 35.5. The van der Waals surface area contributed by atoms with Crippen LogP contribution in [0.4, 0.5) is 0 Å². The first-order valence-electron chi connectivity index (χ1n) is 6.96. The fourth-order valence-corrected chi connectivity index (χ4v) is 2.91. The van der Waals surface area contributed by atoms with Crippen molar-refractivity contribution in [1.82, 2.24) is 24.6 Å². The van der Waals surface area contributed by atoms with E-state index in [-0.39, 0.29) is 5.56 Å². The van der Waals surface area contributed by atoms with Gasteiger partial charge in [-0.1, -0.05) is 23.2 Å². The molecule has 0 fully saturated rings. The molecule has 4 rings (SSSR count). The summed E-state index contributed by atoms with van der Waals surface area (Å²) >= 11 is 12.1. The number of fused-ring (bicyclic) bond motifs is 1. The monoisotopic (exact) mass is 357 g/mol. The van der Waals surface area contributed by atoms with E-state index in [0.717, 1.165) is 5.56 Å². The maximum atomic E-state index is 12.3. The maximum Gasteiger partial charge on any atom is 0.273 e. The Labute approximate surface area is 145 Å². The van der Waals surface area contributed by atoms with E-state index >= 15 is 0 Å². The molecule has 0 amide bonds. The zero-order chi connectivity index (χ0) is 16.7. The van der Waals surface area contributed by atoms with E-state index in [0.29, 0.717) is 32.8 Å². The highest BCUT2D eigenvalue weighted by Crippen LogP contribution is 2.29. The summed E-state index contributed by atoms with van der Waals surface area (Å²) in [5.41, 5.74) is 2.59. The molecule has 0 unspecified atom stereocenters. The molecule has 3 aromatic heterocycles. The Morgan fingerprint density at radius 3 is 2.67 bits per heavy atom. The Hall–Kier alpha value is -2.70. The molecule has 0 saturated heterocycles. The SMILES string of the molecule is O=c1cc(-c2cnccn2)nc2cc(-c3ccc(Cl)cc3Cl)[nH]n12. The second-order valence-corrected chi connectivity index (χ2v) is 5.90. The first-order chi connectivity index (χ1) is 11.6. The van der Waals surface area contributed by atoms with E-state index in [1.807, 2.05) is 0 Å². The average Bonchev–Trinajstić information content (AvgIpc) is 3.00. The van der Waals surface area contributed by atoms with Gasteiger partial charge in [-0.3, -0.25) is 19.9 Å². The third-order valence-electron chi connectivity index (χ3n) is 3.50. The van der Waals surface area contributed by atoms with Crippen LogP contribution in [-0.4, -0.2) is 24.6 Å². The Balaban J connectivity index is 1.90. The van der Waals surface area contributed by atoms with E-state index in [9.17, 15) is 4.79 Å². The Kier molecular flexibility index (Phi) is 3.55. The summed E-state index contributed by atoms with van der Waals surface area (Å²) in [6.45, 7) is 0. The van der Waals surface area contributed by atoms with Crippen molar-refractivity contribution in [2.45, 2.75) is 0 Å². The summed E-state index contributed by atoms with van der Waals surface area (Å²) in [7, 11) is 0. The Bertz CT molecular complexity index is 1100. The van der Waals surface area contributed by atoms with Crippen LogP contribution in [0.5, 0.6) is 0 Å². The van der Waals surface area contributed by atoms with Gasteiger partial charge in [-0.15, -0.1) is 0 Å². The molecule has 0 aliphatic rings. The number of aromatic amines is 1. The van der Waals surface area contributed by atoms with Crippen LogP contribution in [0, 0.1) is 0 Å². The number of nitrogens with zero attached hydrogens (tertiary/aromatic N) is 4. The van der Waals surface area contributed by atoms with Gasteiger partial charge in [0.2, 0.25) is 0 Å². The molecule has 3 heterocycles. The summed E-state index contributed by atoms with van der Waals surface area (Å²) in [5.74, 6) is 0. The summed E-state index contributed by atoms with van der Waals surface area (Å²) in [6.07, 6.45) is 4.67. The van der Waals surface area contributed by atoms with Crippen LogP contribution in [0.2, 0.25) is 10.0 Å². The highest BCUT2D eigenvalue weighted by molar-refractivity contribution is 6.36. The molecule has 0 atom stereocenters. The molecule has 118 valence electrons. The van der Waals surface area contributed by atoms with Gasteiger partial charge in [-0.2, -0.15) is 0 Å². The van der Waals surface area contributed by atoms with Crippen LogP contribution in [0.15, 0.2) is 53.7 Å². The number of hydrogen-bond donors (Lipinski definition) is 1. The van der Waals surface area contributed by atoms with Crippen LogP contribution in [0.3, 0.4) is 0 Å². The van der Waals surface area contributed by atoms with E-state index in [2.05, 4.69) is 20.1 Å². The van der Waals surface area contributed by atoms with E-state index < -0.39 is 0 Å². The predicted octanol–water partition coefficient (Wildman–Crippen LogP) is 3.45. The van der Waals surface area contributed by atoms with Gasteiger partial charge in [0.1, 0.15) is 5.69 Å². The quantitative estimate of drug-likeness (QED) is 0.596. The van der Waals surface area contributed by atoms with E-state index in [1.165, 1.54) is 10.6 Å². The van der Waals surface area contributed by atoms with Gasteiger partial charge < -0.3 is 0 Å². The highest BCUT2D eigenvalue weighted by Gasteiger charge is 2.12. The maximum absolute atomic E-state index is 12.3. The Morgan fingerprint density at radius 1 is 1.04 bits per heavy atom. The number of benzene rings is 1. The molecule has 1 aromatic carbocycles. The van der Waals surface area contributed by atoms with Gasteiger partial charge in [0.25, 0.3) is 5.56 Å². The second-order valence-electron chi connectivity index (χ2n) is 5.06. The minimum atomic E-state index is -0.253. The van der Waals surface area contributed by atoms with Crippen LogP contribution in [-0.2, 0) is 0 Å². The molecule has 0 aliphatic heterocycles. The lowest BCUT2D eigenvalue weighted by molar-refractivity contribution is 0.903. The van der Waals surface area contributed by atoms with Crippen molar-refractivity contribution < 1.29 is 0 Å². The number of nitrogens with one attached hydrogen (secondary N) is 1. The topological polar surface area (TPSA) is 75.9 Å². The lowest BCUT2D eigenvalue weighted by atomic mass is 10.1. The summed E-state index contributed by atoms with van der Waals surface area (Å²) in [6, 6.07) is 8.31. The second kappa shape index (κ2) is 5.74. The van der Waals surface area contributed by atoms with Crippen LogP contribution >= 0.6 is 23.2 Å². The number of hydrogen-bond acceptors (Lipinski definition) is 4. The van der Waals surface area contributed by atoms with Gasteiger partial charge in [-0.25, -0.2) is 9.50 Å². The molecule has 0 aliphatic carbocycles. The Morgan fingerprint density at radius 2 is 1.92 bits per heavy atom. The summed E-state index contributed by atoms with van der Waals surface area (Å²) in [4.78, 5) is 25.0. The molecular weight excluding hydrogens is 349 g/mol. The van der Waals surface area contributed by atoms with Crippen molar-refractivity contribution in [3.8, 4) is 22.6 Å². The molecule has 4 aromatic rings. The van der Waals surface area contributed by atoms with Crippen LogP contribution < -0.4 is 5.56 Å². The van der Waals surface area contributed by atoms with Gasteiger partial charge in [0.05, 0.1) is 22.6 Å². The molecule has 0 radical (unpaired) electrons. The first kappa shape index (κ1) is 14.9. The third-order valence-corrected chi connectivity index (χ3v) is 4.05. The van der Waals surface area contributed by atoms with Crippen LogP contribution in [0.25, 0.3) is 28.3 Å². The van der Waals surface area contributed by atoms with Crippen molar-refractivity contribution >= 4 is 28.8 Å². The van der Waals surface area contributed by atoms with Crippen molar-refractivity contribution in [2.75, 3.05) is 0 Å². The fraction of sp³-hybridized carbons (Fsp3) is 0. The summed E-state index contributed by atoms with van der Waals surface area (Å²) in [5, 5.41) is 4.02. The van der Waals surface area contributed by atoms with Gasteiger partial charge in [-0.05, 0) is 18.2 Å². The molecule has 8 heteroatoms. The molecule has 0 bridgehead atoms. The molecule has 0 saturated carbocycles. The number of rotatable bonds is 2. The minimum absolute atomic E-state index is 0.253. The van der Waals surface area contributed by atoms with E-state index in [4.69, 9.17) is 23.2 Å². The number of aromatic nitrogens is 5. The van der Waals surface area contributed by atoms with Crippen molar-refractivity contribution in [2.24, 2.45) is 0 Å². The smallest absolute Gasteiger partial charge is 0.273 e. The van der Waals surface area contributed by atoms with Crippen molar-refractivity contribution in [3.63, 3.8) is 0 Å². The largest absolute Gasteiger partial charge is 0.289 e.